The lowest BCUT2D eigenvalue weighted by Gasteiger charge is -2.12. The van der Waals surface area contributed by atoms with Gasteiger partial charge in [-0.2, -0.15) is 5.26 Å². The standard InChI is InChI=1S/C14H14ClN3/c15-14-2-1-10(7-17-14)11-5-12-8-18(4-3-16)9-13(12)6-11/h1-2,5,7,12-13H,4,6,8-9H2. The summed E-state index contributed by atoms with van der Waals surface area (Å²) in [4.78, 5) is 6.37. The summed E-state index contributed by atoms with van der Waals surface area (Å²) in [6.45, 7) is 2.61. The van der Waals surface area contributed by atoms with Gasteiger partial charge in [0.1, 0.15) is 5.15 Å². The SMILES string of the molecule is N#CCN1CC2C=C(c3ccc(Cl)nc3)CC2C1. The normalized spacial score (nSPS) is 26.8. The lowest BCUT2D eigenvalue weighted by Crippen LogP contribution is -2.21. The summed E-state index contributed by atoms with van der Waals surface area (Å²) in [5.74, 6) is 1.27. The van der Waals surface area contributed by atoms with Crippen LogP contribution >= 0.6 is 11.6 Å². The first kappa shape index (κ1) is 11.7. The molecule has 2 atom stereocenters. The second-order valence-corrected chi connectivity index (χ2v) is 5.43. The van der Waals surface area contributed by atoms with Crippen molar-refractivity contribution in [2.45, 2.75) is 6.42 Å². The average molecular weight is 260 g/mol. The number of nitriles is 1. The van der Waals surface area contributed by atoms with Crippen LogP contribution < -0.4 is 0 Å². The van der Waals surface area contributed by atoms with Gasteiger partial charge < -0.3 is 0 Å². The predicted molar refractivity (Wildman–Crippen MR) is 70.9 cm³/mol. The molecule has 1 saturated heterocycles. The highest BCUT2D eigenvalue weighted by atomic mass is 35.5. The zero-order valence-electron chi connectivity index (χ0n) is 10.0. The highest BCUT2D eigenvalue weighted by molar-refractivity contribution is 6.29. The van der Waals surface area contributed by atoms with E-state index < -0.39 is 0 Å². The molecule has 3 rings (SSSR count). The summed E-state index contributed by atoms with van der Waals surface area (Å²) in [6, 6.07) is 6.11. The first-order chi connectivity index (χ1) is 8.76. The third kappa shape index (κ3) is 2.14. The minimum atomic E-state index is 0.540. The Morgan fingerprint density at radius 3 is 3.00 bits per heavy atom. The van der Waals surface area contributed by atoms with Crippen molar-refractivity contribution in [1.82, 2.24) is 9.88 Å². The fraction of sp³-hybridized carbons (Fsp3) is 0.429. The van der Waals surface area contributed by atoms with Crippen molar-refractivity contribution in [2.75, 3.05) is 19.6 Å². The van der Waals surface area contributed by atoms with Crippen LogP contribution in [0, 0.1) is 23.2 Å². The van der Waals surface area contributed by atoms with Crippen LogP contribution in [0.2, 0.25) is 5.15 Å². The molecule has 1 aromatic heterocycles. The monoisotopic (exact) mass is 259 g/mol. The molecule has 0 aromatic carbocycles. The fourth-order valence-electron chi connectivity index (χ4n) is 3.01. The van der Waals surface area contributed by atoms with E-state index in [9.17, 15) is 0 Å². The zero-order valence-corrected chi connectivity index (χ0v) is 10.8. The van der Waals surface area contributed by atoms with E-state index in [2.05, 4.69) is 22.0 Å². The van der Waals surface area contributed by atoms with Gasteiger partial charge in [-0.05, 0) is 35.5 Å². The number of hydrogen-bond donors (Lipinski definition) is 0. The Bertz CT molecular complexity index is 515. The molecule has 2 unspecified atom stereocenters. The zero-order chi connectivity index (χ0) is 12.5. The molecule has 92 valence electrons. The summed E-state index contributed by atoms with van der Waals surface area (Å²) in [7, 11) is 0. The maximum absolute atomic E-state index is 8.72. The van der Waals surface area contributed by atoms with Crippen molar-refractivity contribution < 1.29 is 0 Å². The van der Waals surface area contributed by atoms with Gasteiger partial charge in [-0.1, -0.05) is 23.7 Å². The number of allylic oxidation sites excluding steroid dienone is 1. The molecule has 18 heavy (non-hydrogen) atoms. The summed E-state index contributed by atoms with van der Waals surface area (Å²) >= 11 is 5.80. The van der Waals surface area contributed by atoms with Gasteiger partial charge in [0.15, 0.2) is 0 Å². The van der Waals surface area contributed by atoms with E-state index >= 15 is 0 Å². The Morgan fingerprint density at radius 2 is 2.33 bits per heavy atom. The van der Waals surface area contributed by atoms with Crippen LogP contribution in [0.3, 0.4) is 0 Å². The average Bonchev–Trinajstić information content (AvgIpc) is 2.88. The van der Waals surface area contributed by atoms with E-state index in [1.807, 2.05) is 18.3 Å². The van der Waals surface area contributed by atoms with Crippen molar-refractivity contribution in [2.24, 2.45) is 11.8 Å². The van der Waals surface area contributed by atoms with Crippen LogP contribution in [0.4, 0.5) is 0 Å². The first-order valence-corrected chi connectivity index (χ1v) is 6.56. The van der Waals surface area contributed by atoms with Crippen molar-refractivity contribution in [3.8, 4) is 6.07 Å². The van der Waals surface area contributed by atoms with Crippen LogP contribution in [0.1, 0.15) is 12.0 Å². The number of aromatic nitrogens is 1. The number of fused-ring (bicyclic) bond motifs is 1. The largest absolute Gasteiger partial charge is 0.290 e. The molecular weight excluding hydrogens is 246 g/mol. The molecule has 0 spiro atoms. The van der Waals surface area contributed by atoms with Crippen molar-refractivity contribution in [1.29, 1.82) is 5.26 Å². The Hall–Kier alpha value is -1.37. The fourth-order valence-corrected chi connectivity index (χ4v) is 3.12. The molecule has 1 aliphatic heterocycles. The van der Waals surface area contributed by atoms with Gasteiger partial charge in [-0.15, -0.1) is 0 Å². The van der Waals surface area contributed by atoms with E-state index in [4.69, 9.17) is 16.9 Å². The summed E-state index contributed by atoms with van der Waals surface area (Å²) in [6.07, 6.45) is 5.30. The molecule has 4 heteroatoms. The molecule has 0 amide bonds. The second kappa shape index (κ2) is 4.72. The third-order valence-corrected chi connectivity index (χ3v) is 4.08. The van der Waals surface area contributed by atoms with Gasteiger partial charge in [0.2, 0.25) is 0 Å². The Morgan fingerprint density at radius 1 is 1.44 bits per heavy atom. The molecule has 3 nitrogen and oxygen atoms in total. The topological polar surface area (TPSA) is 39.9 Å². The highest BCUT2D eigenvalue weighted by Gasteiger charge is 2.36. The number of halogens is 1. The lowest BCUT2D eigenvalue weighted by molar-refractivity contribution is 0.362. The Kier molecular flexibility index (Phi) is 3.07. The Labute approximate surface area is 112 Å². The summed E-state index contributed by atoms with van der Waals surface area (Å²) < 4.78 is 0. The number of pyridine rings is 1. The minimum Gasteiger partial charge on any atom is -0.290 e. The minimum absolute atomic E-state index is 0.540. The predicted octanol–water partition coefficient (Wildman–Crippen LogP) is 2.59. The molecule has 2 aliphatic rings. The smallest absolute Gasteiger partial charge is 0.129 e. The molecular formula is C14H14ClN3. The van der Waals surface area contributed by atoms with E-state index in [0.29, 0.717) is 23.5 Å². The molecule has 2 heterocycles. The van der Waals surface area contributed by atoms with Crippen LogP contribution in [0.15, 0.2) is 24.4 Å². The molecule has 0 saturated carbocycles. The third-order valence-electron chi connectivity index (χ3n) is 3.86. The molecule has 0 bridgehead atoms. The number of rotatable bonds is 2. The molecule has 1 aliphatic carbocycles. The van der Waals surface area contributed by atoms with Gasteiger partial charge in [-0.25, -0.2) is 4.98 Å². The highest BCUT2D eigenvalue weighted by Crippen LogP contribution is 2.40. The second-order valence-electron chi connectivity index (χ2n) is 5.04. The van der Waals surface area contributed by atoms with E-state index in [-0.39, 0.29) is 0 Å². The van der Waals surface area contributed by atoms with Gasteiger partial charge in [0.25, 0.3) is 0 Å². The van der Waals surface area contributed by atoms with Gasteiger partial charge in [0, 0.05) is 19.3 Å². The molecule has 1 aromatic rings. The number of likely N-dealkylation sites (tertiary alicyclic amines) is 1. The molecule has 1 fully saturated rings. The first-order valence-electron chi connectivity index (χ1n) is 6.18. The van der Waals surface area contributed by atoms with Crippen LogP contribution in [0.5, 0.6) is 0 Å². The van der Waals surface area contributed by atoms with Crippen molar-refractivity contribution in [3.05, 3.63) is 35.1 Å². The van der Waals surface area contributed by atoms with Crippen molar-refractivity contribution in [3.63, 3.8) is 0 Å². The maximum atomic E-state index is 8.72. The van der Waals surface area contributed by atoms with E-state index in [0.717, 1.165) is 19.5 Å². The summed E-state index contributed by atoms with van der Waals surface area (Å²) in [5, 5.41) is 9.26. The van der Waals surface area contributed by atoms with Crippen LogP contribution in [-0.2, 0) is 0 Å². The van der Waals surface area contributed by atoms with Gasteiger partial charge in [-0.3, -0.25) is 4.90 Å². The number of hydrogen-bond acceptors (Lipinski definition) is 3. The maximum Gasteiger partial charge on any atom is 0.129 e. The van der Waals surface area contributed by atoms with Crippen LogP contribution in [0.25, 0.3) is 5.57 Å². The molecule has 0 N–H and O–H groups in total. The summed E-state index contributed by atoms with van der Waals surface area (Å²) in [5.41, 5.74) is 2.56. The quantitative estimate of drug-likeness (QED) is 0.605. The van der Waals surface area contributed by atoms with Crippen LogP contribution in [-0.4, -0.2) is 29.5 Å². The lowest BCUT2D eigenvalue weighted by atomic mass is 9.99. The number of nitrogens with zero attached hydrogens (tertiary/aromatic N) is 3. The van der Waals surface area contributed by atoms with Gasteiger partial charge >= 0.3 is 0 Å². The molecule has 0 radical (unpaired) electrons. The van der Waals surface area contributed by atoms with Gasteiger partial charge in [0.05, 0.1) is 12.6 Å². The Balaban J connectivity index is 1.74. The van der Waals surface area contributed by atoms with E-state index in [1.165, 1.54) is 11.1 Å². The van der Waals surface area contributed by atoms with Crippen molar-refractivity contribution >= 4 is 17.2 Å². The van der Waals surface area contributed by atoms with E-state index in [1.54, 1.807) is 0 Å².